The van der Waals surface area contributed by atoms with Crippen molar-refractivity contribution in [3.8, 4) is 0 Å². The molecule has 0 aliphatic rings. The maximum absolute atomic E-state index is 13.5. The van der Waals surface area contributed by atoms with E-state index in [4.69, 9.17) is 5.73 Å². The van der Waals surface area contributed by atoms with Crippen LogP contribution in [0.25, 0.3) is 0 Å². The van der Waals surface area contributed by atoms with E-state index in [0.717, 1.165) is 5.56 Å². The first-order valence-corrected chi connectivity index (χ1v) is 4.76. The Morgan fingerprint density at radius 1 is 1.25 bits per heavy atom. The molecule has 0 fully saturated rings. The van der Waals surface area contributed by atoms with Crippen LogP contribution in [0.15, 0.2) is 30.6 Å². The molecule has 3 N–H and O–H groups in total. The summed E-state index contributed by atoms with van der Waals surface area (Å²) in [5.41, 5.74) is 6.78. The summed E-state index contributed by atoms with van der Waals surface area (Å²) in [7, 11) is 0. The van der Waals surface area contributed by atoms with Crippen LogP contribution in [0.1, 0.15) is 5.56 Å². The van der Waals surface area contributed by atoms with E-state index < -0.39 is 0 Å². The van der Waals surface area contributed by atoms with Crippen molar-refractivity contribution in [1.82, 2.24) is 9.97 Å². The first kappa shape index (κ1) is 10.4. The van der Waals surface area contributed by atoms with Gasteiger partial charge in [0.15, 0.2) is 11.6 Å². The third-order valence-corrected chi connectivity index (χ3v) is 2.10. The molecule has 0 aliphatic heterocycles. The predicted octanol–water partition coefficient (Wildman–Crippen LogP) is 2.25. The van der Waals surface area contributed by atoms with Gasteiger partial charge in [0, 0.05) is 12.4 Å². The molecule has 16 heavy (non-hydrogen) atoms. The molecule has 2 rings (SSSR count). The Balaban J connectivity index is 2.31. The highest BCUT2D eigenvalue weighted by molar-refractivity contribution is 5.65. The number of nitrogen functional groups attached to an aromatic ring is 1. The van der Waals surface area contributed by atoms with E-state index in [9.17, 15) is 4.39 Å². The summed E-state index contributed by atoms with van der Waals surface area (Å²) >= 11 is 0. The Morgan fingerprint density at radius 2 is 2.00 bits per heavy atom. The van der Waals surface area contributed by atoms with Gasteiger partial charge in [0.1, 0.15) is 5.82 Å². The molecule has 0 saturated carbocycles. The van der Waals surface area contributed by atoms with Crippen molar-refractivity contribution in [2.45, 2.75) is 6.92 Å². The van der Waals surface area contributed by atoms with E-state index in [2.05, 4.69) is 15.3 Å². The van der Waals surface area contributed by atoms with E-state index in [-0.39, 0.29) is 11.6 Å². The van der Waals surface area contributed by atoms with E-state index in [1.54, 1.807) is 12.1 Å². The summed E-state index contributed by atoms with van der Waals surface area (Å²) in [5, 5.41) is 2.79. The lowest BCUT2D eigenvalue weighted by atomic mass is 10.2. The van der Waals surface area contributed by atoms with Gasteiger partial charge in [-0.3, -0.25) is 0 Å². The zero-order valence-electron chi connectivity index (χ0n) is 8.74. The number of halogens is 1. The molecular weight excluding hydrogens is 207 g/mol. The average Bonchev–Trinajstić information content (AvgIpc) is 2.25. The molecular formula is C11H11FN4. The maximum Gasteiger partial charge on any atom is 0.173 e. The number of rotatable bonds is 2. The molecule has 0 aliphatic carbocycles. The van der Waals surface area contributed by atoms with Crippen LogP contribution in [0.4, 0.5) is 21.7 Å². The smallest absolute Gasteiger partial charge is 0.173 e. The third-order valence-electron chi connectivity index (χ3n) is 2.10. The lowest BCUT2D eigenvalue weighted by Gasteiger charge is -2.08. The zero-order chi connectivity index (χ0) is 11.5. The van der Waals surface area contributed by atoms with Gasteiger partial charge in [0.25, 0.3) is 0 Å². The first-order chi connectivity index (χ1) is 7.66. The van der Waals surface area contributed by atoms with Crippen LogP contribution in [0.5, 0.6) is 0 Å². The van der Waals surface area contributed by atoms with Crippen molar-refractivity contribution >= 4 is 17.3 Å². The molecule has 0 spiro atoms. The lowest BCUT2D eigenvalue weighted by Crippen LogP contribution is -2.02. The Bertz CT molecular complexity index is 513. The van der Waals surface area contributed by atoms with Gasteiger partial charge in [0.2, 0.25) is 0 Å². The molecule has 0 atom stereocenters. The molecule has 0 amide bonds. The molecule has 1 aromatic carbocycles. The number of nitrogens with two attached hydrogens (primary N) is 1. The van der Waals surface area contributed by atoms with Gasteiger partial charge in [0.05, 0.1) is 5.69 Å². The Hall–Kier alpha value is -2.17. The van der Waals surface area contributed by atoms with Gasteiger partial charge in [-0.1, -0.05) is 6.07 Å². The van der Waals surface area contributed by atoms with E-state index in [0.29, 0.717) is 11.5 Å². The topological polar surface area (TPSA) is 63.8 Å². The molecule has 4 nitrogen and oxygen atoms in total. The number of aryl methyl sites for hydroxylation is 1. The second kappa shape index (κ2) is 4.14. The van der Waals surface area contributed by atoms with E-state index in [1.807, 2.05) is 6.92 Å². The average molecular weight is 218 g/mol. The highest BCUT2D eigenvalue weighted by Gasteiger charge is 2.05. The zero-order valence-corrected chi connectivity index (χ0v) is 8.74. The van der Waals surface area contributed by atoms with Crippen LogP contribution in [0.2, 0.25) is 0 Å². The first-order valence-electron chi connectivity index (χ1n) is 4.76. The van der Waals surface area contributed by atoms with Gasteiger partial charge < -0.3 is 11.1 Å². The highest BCUT2D eigenvalue weighted by Crippen LogP contribution is 2.21. The normalized spacial score (nSPS) is 10.1. The monoisotopic (exact) mass is 218 g/mol. The molecule has 5 heteroatoms. The fourth-order valence-corrected chi connectivity index (χ4v) is 1.29. The van der Waals surface area contributed by atoms with Crippen LogP contribution in [0, 0.1) is 12.7 Å². The van der Waals surface area contributed by atoms with Crippen LogP contribution >= 0.6 is 0 Å². The standard InChI is InChI=1S/C11H11FN4/c1-7-2-3-9(8(12)6-7)16-11-10(13)14-4-5-15-11/h2-6H,1H3,(H2,13,14)(H,15,16). The summed E-state index contributed by atoms with van der Waals surface area (Å²) in [6, 6.07) is 4.88. The molecule has 0 unspecified atom stereocenters. The van der Waals surface area contributed by atoms with Crippen LogP contribution in [0.3, 0.4) is 0 Å². The van der Waals surface area contributed by atoms with Gasteiger partial charge >= 0.3 is 0 Å². The molecule has 2 aromatic rings. The number of benzene rings is 1. The SMILES string of the molecule is Cc1ccc(Nc2nccnc2N)c(F)c1. The van der Waals surface area contributed by atoms with Gasteiger partial charge in [-0.05, 0) is 24.6 Å². The van der Waals surface area contributed by atoms with Gasteiger partial charge in [-0.2, -0.15) is 0 Å². The van der Waals surface area contributed by atoms with Crippen molar-refractivity contribution in [3.05, 3.63) is 42.0 Å². The highest BCUT2D eigenvalue weighted by atomic mass is 19.1. The quantitative estimate of drug-likeness (QED) is 0.811. The minimum absolute atomic E-state index is 0.238. The van der Waals surface area contributed by atoms with Gasteiger partial charge in [-0.25, -0.2) is 14.4 Å². The second-order valence-corrected chi connectivity index (χ2v) is 3.40. The number of aromatic nitrogens is 2. The second-order valence-electron chi connectivity index (χ2n) is 3.40. The summed E-state index contributed by atoms with van der Waals surface area (Å²) < 4.78 is 13.5. The van der Waals surface area contributed by atoms with Crippen molar-refractivity contribution in [2.24, 2.45) is 0 Å². The Morgan fingerprint density at radius 3 is 2.69 bits per heavy atom. The number of anilines is 3. The van der Waals surface area contributed by atoms with E-state index in [1.165, 1.54) is 18.5 Å². The van der Waals surface area contributed by atoms with Crippen molar-refractivity contribution < 1.29 is 4.39 Å². The fourth-order valence-electron chi connectivity index (χ4n) is 1.29. The van der Waals surface area contributed by atoms with Crippen LogP contribution in [-0.4, -0.2) is 9.97 Å². The largest absolute Gasteiger partial charge is 0.381 e. The van der Waals surface area contributed by atoms with Crippen LogP contribution < -0.4 is 11.1 Å². The van der Waals surface area contributed by atoms with Crippen LogP contribution in [-0.2, 0) is 0 Å². The summed E-state index contributed by atoms with van der Waals surface area (Å²) in [6.07, 6.45) is 2.97. The summed E-state index contributed by atoms with van der Waals surface area (Å²) in [5.74, 6) is 0.248. The summed E-state index contributed by atoms with van der Waals surface area (Å²) in [4.78, 5) is 7.82. The van der Waals surface area contributed by atoms with E-state index >= 15 is 0 Å². The summed E-state index contributed by atoms with van der Waals surface area (Å²) in [6.45, 7) is 1.82. The Kier molecular flexibility index (Phi) is 2.68. The Labute approximate surface area is 92.3 Å². The molecule has 0 bridgehead atoms. The van der Waals surface area contributed by atoms with Crippen molar-refractivity contribution in [3.63, 3.8) is 0 Å². The lowest BCUT2D eigenvalue weighted by molar-refractivity contribution is 0.630. The fraction of sp³-hybridized carbons (Fsp3) is 0.0909. The number of nitrogens with one attached hydrogen (secondary N) is 1. The minimum atomic E-state index is -0.343. The molecule has 1 heterocycles. The number of hydrogen-bond donors (Lipinski definition) is 2. The van der Waals surface area contributed by atoms with Crippen molar-refractivity contribution in [1.29, 1.82) is 0 Å². The predicted molar refractivity (Wildman–Crippen MR) is 60.9 cm³/mol. The molecule has 82 valence electrons. The van der Waals surface area contributed by atoms with Crippen molar-refractivity contribution in [2.75, 3.05) is 11.1 Å². The maximum atomic E-state index is 13.5. The number of hydrogen-bond acceptors (Lipinski definition) is 4. The molecule has 0 radical (unpaired) electrons. The third kappa shape index (κ3) is 2.08. The number of nitrogens with zero attached hydrogens (tertiary/aromatic N) is 2. The minimum Gasteiger partial charge on any atom is -0.381 e. The molecule has 1 aromatic heterocycles. The molecule has 0 saturated heterocycles. The van der Waals surface area contributed by atoms with Gasteiger partial charge in [-0.15, -0.1) is 0 Å².